The number of imide groups is 1. The number of rotatable bonds is 2. The molecule has 5 nitrogen and oxygen atoms in total. The second-order valence-corrected chi connectivity index (χ2v) is 7.77. The van der Waals surface area contributed by atoms with Crippen molar-refractivity contribution in [3.8, 4) is 0 Å². The lowest BCUT2D eigenvalue weighted by atomic mass is 9.81. The Hall–Kier alpha value is -1.53. The van der Waals surface area contributed by atoms with Crippen molar-refractivity contribution in [2.24, 2.45) is 11.8 Å². The van der Waals surface area contributed by atoms with Gasteiger partial charge < -0.3 is 4.55 Å². The maximum absolute atomic E-state index is 12.0. The van der Waals surface area contributed by atoms with Gasteiger partial charge in [-0.05, 0) is 49.3 Å². The highest BCUT2D eigenvalue weighted by Crippen LogP contribution is 2.35. The maximum Gasteiger partial charge on any atom is 0.230 e. The van der Waals surface area contributed by atoms with Crippen molar-refractivity contribution < 1.29 is 18.4 Å². The Kier molecular flexibility index (Phi) is 5.46. The third-order valence-electron chi connectivity index (χ3n) is 5.34. The van der Waals surface area contributed by atoms with Crippen LogP contribution < -0.4 is 5.32 Å². The van der Waals surface area contributed by atoms with Crippen molar-refractivity contribution >= 4 is 22.9 Å². The van der Waals surface area contributed by atoms with Crippen molar-refractivity contribution in [1.82, 2.24) is 5.32 Å². The number of hydrogen-bond donors (Lipinski definition) is 2. The third-order valence-corrected chi connectivity index (χ3v) is 6.02. The fourth-order valence-corrected chi connectivity index (χ4v) is 4.38. The molecule has 0 aromatic heterocycles. The smallest absolute Gasteiger partial charge is 0.230 e. The molecule has 1 aromatic carbocycles. The van der Waals surface area contributed by atoms with E-state index in [-0.39, 0.29) is 23.7 Å². The Labute approximate surface area is 144 Å². The first kappa shape index (κ1) is 17.3. The molecule has 130 valence electrons. The summed E-state index contributed by atoms with van der Waals surface area (Å²) in [6.45, 7) is 0. The van der Waals surface area contributed by atoms with Gasteiger partial charge in [-0.2, -0.15) is 0 Å². The molecule has 3 rings (SSSR count). The summed E-state index contributed by atoms with van der Waals surface area (Å²) in [4.78, 5) is 24.2. The molecule has 0 spiro atoms. The first-order chi connectivity index (χ1) is 11.6. The van der Waals surface area contributed by atoms with E-state index in [1.165, 1.54) is 5.56 Å². The van der Waals surface area contributed by atoms with Crippen LogP contribution in [0.5, 0.6) is 0 Å². The number of carbonyl (C=O) groups is 2. The monoisotopic (exact) mass is 349 g/mol. The fraction of sp³-hybridized carbons (Fsp3) is 0.556. The number of amides is 2. The molecule has 1 aliphatic heterocycles. The van der Waals surface area contributed by atoms with E-state index in [2.05, 4.69) is 5.32 Å². The molecule has 0 radical (unpaired) electrons. The first-order valence-electron chi connectivity index (χ1n) is 8.62. The molecule has 2 aliphatic rings. The summed E-state index contributed by atoms with van der Waals surface area (Å²) in [6.07, 6.45) is 6.48. The van der Waals surface area contributed by atoms with Crippen LogP contribution in [0.3, 0.4) is 0 Å². The van der Waals surface area contributed by atoms with Crippen LogP contribution in [-0.2, 0) is 20.7 Å². The Morgan fingerprint density at radius 1 is 0.875 bits per heavy atom. The van der Waals surface area contributed by atoms with E-state index in [4.69, 9.17) is 4.55 Å². The van der Waals surface area contributed by atoms with Gasteiger partial charge in [0.05, 0.1) is 4.90 Å². The lowest BCUT2D eigenvalue weighted by Crippen LogP contribution is -2.22. The van der Waals surface area contributed by atoms with Gasteiger partial charge in [0.25, 0.3) is 0 Å². The van der Waals surface area contributed by atoms with E-state index in [1.807, 2.05) is 12.1 Å². The van der Waals surface area contributed by atoms with Gasteiger partial charge in [0, 0.05) is 11.8 Å². The second kappa shape index (κ2) is 7.57. The molecule has 1 saturated carbocycles. The molecular formula is C18H23NO4S. The number of fused-ring (bicyclic) bond motifs is 1. The van der Waals surface area contributed by atoms with Crippen molar-refractivity contribution in [2.75, 3.05) is 0 Å². The average molecular weight is 349 g/mol. The highest BCUT2D eigenvalue weighted by Gasteiger charge is 2.40. The standard InChI is InChI=1S/C18H23NO4S/c20-17-15-6-2-1-4-12(5-3-7-16(15)18(21)19-17)13-8-10-14(11-9-13)24(22)23/h8-12,15-16H,1-7H2,(H,22,23)(H,19,20,21). The summed E-state index contributed by atoms with van der Waals surface area (Å²) in [6, 6.07) is 7.30. The second-order valence-electron chi connectivity index (χ2n) is 6.80. The highest BCUT2D eigenvalue weighted by atomic mass is 32.2. The lowest BCUT2D eigenvalue weighted by Gasteiger charge is -2.22. The molecule has 24 heavy (non-hydrogen) atoms. The summed E-state index contributed by atoms with van der Waals surface area (Å²) in [7, 11) is 0. The minimum absolute atomic E-state index is 0.0882. The molecule has 1 aliphatic carbocycles. The van der Waals surface area contributed by atoms with Crippen molar-refractivity contribution in [2.45, 2.75) is 55.8 Å². The van der Waals surface area contributed by atoms with E-state index >= 15 is 0 Å². The summed E-state index contributed by atoms with van der Waals surface area (Å²) in [5.41, 5.74) is 1.19. The molecule has 1 aromatic rings. The van der Waals surface area contributed by atoms with Crippen LogP contribution in [0.1, 0.15) is 56.4 Å². The fourth-order valence-electron chi connectivity index (χ4n) is 4.01. The zero-order valence-corrected chi connectivity index (χ0v) is 14.4. The Bertz CT molecular complexity index is 643. The van der Waals surface area contributed by atoms with Crippen LogP contribution in [0.4, 0.5) is 0 Å². The van der Waals surface area contributed by atoms with Crippen LogP contribution in [0, 0.1) is 11.8 Å². The van der Waals surface area contributed by atoms with Crippen LogP contribution in [0.15, 0.2) is 29.2 Å². The van der Waals surface area contributed by atoms with Crippen LogP contribution in [0.2, 0.25) is 0 Å². The summed E-state index contributed by atoms with van der Waals surface area (Å²) < 4.78 is 20.2. The van der Waals surface area contributed by atoms with Gasteiger partial charge in [0.2, 0.25) is 11.8 Å². The van der Waals surface area contributed by atoms with Gasteiger partial charge in [-0.25, -0.2) is 4.21 Å². The van der Waals surface area contributed by atoms with E-state index < -0.39 is 11.1 Å². The number of nitrogens with one attached hydrogen (secondary N) is 1. The van der Waals surface area contributed by atoms with E-state index in [1.54, 1.807) is 12.1 Å². The largest absolute Gasteiger partial charge is 0.302 e. The molecule has 1 saturated heterocycles. The number of benzene rings is 1. The van der Waals surface area contributed by atoms with Crippen molar-refractivity contribution in [3.63, 3.8) is 0 Å². The van der Waals surface area contributed by atoms with Crippen molar-refractivity contribution in [3.05, 3.63) is 29.8 Å². The van der Waals surface area contributed by atoms with Gasteiger partial charge in [-0.15, -0.1) is 0 Å². The zero-order valence-electron chi connectivity index (χ0n) is 13.6. The number of hydrogen-bond acceptors (Lipinski definition) is 3. The van der Waals surface area contributed by atoms with E-state index in [0.717, 1.165) is 44.9 Å². The zero-order chi connectivity index (χ0) is 17.1. The molecule has 4 unspecified atom stereocenters. The Balaban J connectivity index is 1.68. The van der Waals surface area contributed by atoms with Crippen LogP contribution >= 0.6 is 0 Å². The predicted octanol–water partition coefficient (Wildman–Crippen LogP) is 2.98. The Morgan fingerprint density at radius 2 is 1.42 bits per heavy atom. The Morgan fingerprint density at radius 3 is 2.04 bits per heavy atom. The highest BCUT2D eigenvalue weighted by molar-refractivity contribution is 7.79. The summed E-state index contributed by atoms with van der Waals surface area (Å²) in [5.74, 6) is -0.0715. The van der Waals surface area contributed by atoms with Gasteiger partial charge in [0.15, 0.2) is 11.1 Å². The molecule has 2 N–H and O–H groups in total. The lowest BCUT2D eigenvalue weighted by molar-refractivity contribution is -0.126. The normalized spacial score (nSPS) is 29.6. The van der Waals surface area contributed by atoms with Crippen LogP contribution in [0.25, 0.3) is 0 Å². The number of carbonyl (C=O) groups excluding carboxylic acids is 2. The van der Waals surface area contributed by atoms with Gasteiger partial charge in [-0.3, -0.25) is 14.9 Å². The topological polar surface area (TPSA) is 83.5 Å². The van der Waals surface area contributed by atoms with E-state index in [0.29, 0.717) is 10.8 Å². The minimum atomic E-state index is -1.94. The SMILES string of the molecule is O=C1NC(=O)C2CCCC(c3ccc(S(=O)O)cc3)CCCCC12. The summed E-state index contributed by atoms with van der Waals surface area (Å²) in [5, 5.41) is 2.48. The quantitative estimate of drug-likeness (QED) is 0.635. The third kappa shape index (κ3) is 3.75. The van der Waals surface area contributed by atoms with Gasteiger partial charge in [-0.1, -0.05) is 31.4 Å². The molecule has 2 amide bonds. The minimum Gasteiger partial charge on any atom is -0.302 e. The molecule has 6 heteroatoms. The molecule has 2 fully saturated rings. The molecule has 0 bridgehead atoms. The van der Waals surface area contributed by atoms with E-state index in [9.17, 15) is 13.8 Å². The first-order valence-corrected chi connectivity index (χ1v) is 9.72. The van der Waals surface area contributed by atoms with Gasteiger partial charge in [0.1, 0.15) is 0 Å². The maximum atomic E-state index is 12.0. The predicted molar refractivity (Wildman–Crippen MR) is 90.7 cm³/mol. The average Bonchev–Trinajstić information content (AvgIpc) is 2.84. The van der Waals surface area contributed by atoms with Crippen molar-refractivity contribution in [1.29, 1.82) is 0 Å². The van der Waals surface area contributed by atoms with Crippen LogP contribution in [-0.4, -0.2) is 20.6 Å². The summed E-state index contributed by atoms with van der Waals surface area (Å²) >= 11 is -1.94. The molecule has 1 heterocycles. The molecule has 4 atom stereocenters. The molecular weight excluding hydrogens is 326 g/mol. The van der Waals surface area contributed by atoms with Gasteiger partial charge >= 0.3 is 0 Å².